The van der Waals surface area contributed by atoms with E-state index < -0.39 is 0 Å². The number of rotatable bonds is 3. The second kappa shape index (κ2) is 4.24. The van der Waals surface area contributed by atoms with E-state index in [2.05, 4.69) is 19.1 Å². The van der Waals surface area contributed by atoms with Gasteiger partial charge in [-0.15, -0.1) is 0 Å². The molecular formula is C10H15NO. The van der Waals surface area contributed by atoms with Crippen LogP contribution in [0.4, 0.5) is 0 Å². The number of hydrogen-bond acceptors (Lipinski definition) is 2. The maximum atomic E-state index is 8.73. The average Bonchev–Trinajstić information content (AvgIpc) is 2.09. The van der Waals surface area contributed by atoms with Crippen molar-refractivity contribution in [3.63, 3.8) is 0 Å². The van der Waals surface area contributed by atoms with Gasteiger partial charge in [-0.05, 0) is 18.9 Å². The van der Waals surface area contributed by atoms with Gasteiger partial charge in [0.05, 0.1) is 6.61 Å². The lowest BCUT2D eigenvalue weighted by molar-refractivity contribution is 0.265. The van der Waals surface area contributed by atoms with E-state index >= 15 is 0 Å². The lowest BCUT2D eigenvalue weighted by Gasteiger charge is -2.07. The molecule has 0 heterocycles. The first-order valence-electron chi connectivity index (χ1n) is 4.14. The first kappa shape index (κ1) is 9.23. The summed E-state index contributed by atoms with van der Waals surface area (Å²) in [6.45, 7) is 2.10. The molecule has 0 saturated carbocycles. The van der Waals surface area contributed by atoms with Gasteiger partial charge in [-0.1, -0.05) is 29.8 Å². The van der Waals surface area contributed by atoms with Crippen LogP contribution in [-0.4, -0.2) is 17.8 Å². The van der Waals surface area contributed by atoms with Gasteiger partial charge in [0, 0.05) is 6.04 Å². The van der Waals surface area contributed by atoms with Gasteiger partial charge in [0.2, 0.25) is 0 Å². The third kappa shape index (κ3) is 2.64. The summed E-state index contributed by atoms with van der Waals surface area (Å²) < 4.78 is 0. The van der Waals surface area contributed by atoms with E-state index in [0.29, 0.717) is 0 Å². The molecule has 1 aromatic carbocycles. The second-order valence-corrected chi connectivity index (χ2v) is 3.13. The van der Waals surface area contributed by atoms with Crippen LogP contribution in [-0.2, 0) is 6.42 Å². The summed E-state index contributed by atoms with van der Waals surface area (Å²) >= 11 is 0. The van der Waals surface area contributed by atoms with Gasteiger partial charge in [0.15, 0.2) is 0 Å². The molecule has 0 saturated heterocycles. The van der Waals surface area contributed by atoms with E-state index in [0.717, 1.165) is 6.42 Å². The van der Waals surface area contributed by atoms with Gasteiger partial charge < -0.3 is 10.8 Å². The molecule has 66 valence electrons. The molecule has 1 aromatic rings. The topological polar surface area (TPSA) is 46.2 Å². The highest BCUT2D eigenvalue weighted by Crippen LogP contribution is 2.04. The zero-order valence-corrected chi connectivity index (χ0v) is 7.33. The van der Waals surface area contributed by atoms with Crippen molar-refractivity contribution in [3.05, 3.63) is 35.4 Å². The molecule has 0 spiro atoms. The molecule has 0 aliphatic rings. The van der Waals surface area contributed by atoms with Gasteiger partial charge in [-0.25, -0.2) is 0 Å². The highest BCUT2D eigenvalue weighted by molar-refractivity contribution is 5.21. The second-order valence-electron chi connectivity index (χ2n) is 3.13. The van der Waals surface area contributed by atoms with Crippen molar-refractivity contribution in [2.24, 2.45) is 5.73 Å². The fourth-order valence-corrected chi connectivity index (χ4v) is 1.09. The number of aliphatic hydroxyl groups excluding tert-OH is 1. The third-order valence-corrected chi connectivity index (χ3v) is 1.85. The lowest BCUT2D eigenvalue weighted by Crippen LogP contribution is -2.26. The number of benzene rings is 1. The molecule has 0 aromatic heterocycles. The van der Waals surface area contributed by atoms with Crippen molar-refractivity contribution < 1.29 is 5.11 Å². The monoisotopic (exact) mass is 165 g/mol. The molecule has 0 aliphatic carbocycles. The Morgan fingerprint density at radius 1 is 1.33 bits per heavy atom. The van der Waals surface area contributed by atoms with Gasteiger partial charge in [-0.2, -0.15) is 0 Å². The van der Waals surface area contributed by atoms with Gasteiger partial charge in [0.1, 0.15) is 0 Å². The molecule has 0 aliphatic heterocycles. The normalized spacial score (nSPS) is 12.9. The minimum Gasteiger partial charge on any atom is -0.395 e. The predicted octanol–water partition coefficient (Wildman–Crippen LogP) is 0.857. The smallest absolute Gasteiger partial charge is 0.0585 e. The first-order chi connectivity index (χ1) is 5.72. The summed E-state index contributed by atoms with van der Waals surface area (Å²) in [5.41, 5.74) is 8.02. The average molecular weight is 165 g/mol. The van der Waals surface area contributed by atoms with Crippen LogP contribution in [0.3, 0.4) is 0 Å². The van der Waals surface area contributed by atoms with Crippen LogP contribution in [0.25, 0.3) is 0 Å². The van der Waals surface area contributed by atoms with Crippen LogP contribution in [0.15, 0.2) is 24.3 Å². The minimum atomic E-state index is -0.132. The molecule has 2 heteroatoms. The van der Waals surface area contributed by atoms with Crippen molar-refractivity contribution >= 4 is 0 Å². The standard InChI is InChI=1S/C10H15NO/c1-8-2-4-9(5-3-8)6-10(11)7-12/h2-5,10,12H,6-7,11H2,1H3. The van der Waals surface area contributed by atoms with Crippen molar-refractivity contribution in [1.29, 1.82) is 0 Å². The van der Waals surface area contributed by atoms with Crippen molar-refractivity contribution in [2.45, 2.75) is 19.4 Å². The zero-order valence-electron chi connectivity index (χ0n) is 7.33. The quantitative estimate of drug-likeness (QED) is 0.697. The largest absolute Gasteiger partial charge is 0.395 e. The Kier molecular flexibility index (Phi) is 3.26. The fraction of sp³-hybridized carbons (Fsp3) is 0.400. The lowest BCUT2D eigenvalue weighted by atomic mass is 10.1. The van der Waals surface area contributed by atoms with Crippen molar-refractivity contribution in [1.82, 2.24) is 0 Å². The Morgan fingerprint density at radius 2 is 1.92 bits per heavy atom. The van der Waals surface area contributed by atoms with E-state index in [1.807, 2.05) is 12.1 Å². The number of hydrogen-bond donors (Lipinski definition) is 2. The molecule has 1 unspecified atom stereocenters. The van der Waals surface area contributed by atoms with Crippen LogP contribution < -0.4 is 5.73 Å². The number of nitrogens with two attached hydrogens (primary N) is 1. The Bertz CT molecular complexity index is 230. The summed E-state index contributed by atoms with van der Waals surface area (Å²) in [6.07, 6.45) is 0.747. The summed E-state index contributed by atoms with van der Waals surface area (Å²) in [5.74, 6) is 0. The van der Waals surface area contributed by atoms with Gasteiger partial charge >= 0.3 is 0 Å². The van der Waals surface area contributed by atoms with E-state index in [-0.39, 0.29) is 12.6 Å². The van der Waals surface area contributed by atoms with Crippen LogP contribution in [0.5, 0.6) is 0 Å². The summed E-state index contributed by atoms with van der Waals surface area (Å²) in [5, 5.41) is 8.73. The molecule has 0 amide bonds. The van der Waals surface area contributed by atoms with Crippen LogP contribution in [0, 0.1) is 6.92 Å². The zero-order chi connectivity index (χ0) is 8.97. The first-order valence-corrected chi connectivity index (χ1v) is 4.14. The molecule has 0 fully saturated rings. The van der Waals surface area contributed by atoms with Gasteiger partial charge in [-0.3, -0.25) is 0 Å². The highest BCUT2D eigenvalue weighted by atomic mass is 16.3. The van der Waals surface area contributed by atoms with Crippen LogP contribution in [0.2, 0.25) is 0 Å². The Labute approximate surface area is 73.0 Å². The Morgan fingerprint density at radius 3 is 2.42 bits per heavy atom. The summed E-state index contributed by atoms with van der Waals surface area (Å²) in [4.78, 5) is 0. The van der Waals surface area contributed by atoms with E-state index in [1.54, 1.807) is 0 Å². The Hall–Kier alpha value is -0.860. The number of aliphatic hydroxyl groups is 1. The number of aryl methyl sites for hydroxylation is 1. The molecular weight excluding hydrogens is 150 g/mol. The van der Waals surface area contributed by atoms with Crippen LogP contribution in [0.1, 0.15) is 11.1 Å². The maximum Gasteiger partial charge on any atom is 0.0585 e. The van der Waals surface area contributed by atoms with Crippen LogP contribution >= 0.6 is 0 Å². The van der Waals surface area contributed by atoms with E-state index in [9.17, 15) is 0 Å². The maximum absolute atomic E-state index is 8.73. The SMILES string of the molecule is Cc1ccc(CC(N)CO)cc1. The predicted molar refractivity (Wildman–Crippen MR) is 49.9 cm³/mol. The van der Waals surface area contributed by atoms with Crippen molar-refractivity contribution in [3.8, 4) is 0 Å². The highest BCUT2D eigenvalue weighted by Gasteiger charge is 2.00. The molecule has 0 radical (unpaired) electrons. The molecule has 3 N–H and O–H groups in total. The summed E-state index contributed by atoms with van der Waals surface area (Å²) in [7, 11) is 0. The Balaban J connectivity index is 2.58. The molecule has 2 nitrogen and oxygen atoms in total. The van der Waals surface area contributed by atoms with E-state index in [4.69, 9.17) is 10.8 Å². The van der Waals surface area contributed by atoms with Gasteiger partial charge in [0.25, 0.3) is 0 Å². The van der Waals surface area contributed by atoms with E-state index in [1.165, 1.54) is 11.1 Å². The molecule has 0 bridgehead atoms. The fourth-order valence-electron chi connectivity index (χ4n) is 1.09. The molecule has 1 rings (SSSR count). The molecule has 12 heavy (non-hydrogen) atoms. The van der Waals surface area contributed by atoms with Crippen molar-refractivity contribution in [2.75, 3.05) is 6.61 Å². The summed E-state index contributed by atoms with van der Waals surface area (Å²) in [6, 6.07) is 8.07. The third-order valence-electron chi connectivity index (χ3n) is 1.85. The minimum absolute atomic E-state index is 0.0495. The molecule has 1 atom stereocenters.